The van der Waals surface area contributed by atoms with Gasteiger partial charge in [0, 0.05) is 0 Å². The Labute approximate surface area is 127 Å². The highest BCUT2D eigenvalue weighted by atomic mass is 35.5. The monoisotopic (exact) mass is 322 g/mol. The van der Waals surface area contributed by atoms with Crippen molar-refractivity contribution in [2.45, 2.75) is 21.3 Å². The van der Waals surface area contributed by atoms with E-state index in [1.807, 2.05) is 6.92 Å². The predicted octanol–water partition coefficient (Wildman–Crippen LogP) is 6.35. The number of hydrogen-bond acceptors (Lipinski definition) is 0. The van der Waals surface area contributed by atoms with E-state index in [0.29, 0.717) is 5.56 Å². The second-order valence-electron chi connectivity index (χ2n) is 3.96. The van der Waals surface area contributed by atoms with Crippen molar-refractivity contribution in [2.75, 3.05) is 0 Å². The van der Waals surface area contributed by atoms with E-state index in [-0.39, 0.29) is 18.3 Å². The summed E-state index contributed by atoms with van der Waals surface area (Å²) in [4.78, 5) is 0. The Morgan fingerprint density at radius 3 is 1.60 bits per heavy atom. The average molecular weight is 323 g/mol. The molecule has 0 fully saturated rings. The van der Waals surface area contributed by atoms with Gasteiger partial charge in [0.15, 0.2) is 0 Å². The number of benzene rings is 2. The Kier molecular flexibility index (Phi) is 7.69. The van der Waals surface area contributed by atoms with Gasteiger partial charge in [-0.3, -0.25) is 0 Å². The van der Waals surface area contributed by atoms with E-state index in [1.54, 1.807) is 19.1 Å². The van der Waals surface area contributed by atoms with Gasteiger partial charge < -0.3 is 0 Å². The molecular formula is C15H15Cl2F3. The molecule has 110 valence electrons. The maximum Gasteiger partial charge on any atom is 0.145 e. The molecule has 0 aliphatic heterocycles. The third-order valence-electron chi connectivity index (χ3n) is 2.20. The van der Waals surface area contributed by atoms with Gasteiger partial charge >= 0.3 is 0 Å². The topological polar surface area (TPSA) is 0 Å². The van der Waals surface area contributed by atoms with E-state index in [4.69, 9.17) is 23.2 Å². The zero-order valence-corrected chi connectivity index (χ0v) is 11.8. The summed E-state index contributed by atoms with van der Waals surface area (Å²) < 4.78 is 37.4. The fraction of sp³-hybridized carbons (Fsp3) is 0.200. The van der Waals surface area contributed by atoms with Crippen molar-refractivity contribution in [2.24, 2.45) is 0 Å². The molecule has 0 aliphatic rings. The van der Waals surface area contributed by atoms with Crippen LogP contribution in [0.25, 0.3) is 0 Å². The summed E-state index contributed by atoms with van der Waals surface area (Å²) >= 11 is 10.6. The molecule has 0 heterocycles. The first kappa shape index (κ1) is 18.8. The van der Waals surface area contributed by atoms with Gasteiger partial charge in [0.1, 0.15) is 22.5 Å². The molecule has 20 heavy (non-hydrogen) atoms. The van der Waals surface area contributed by atoms with E-state index in [0.717, 1.165) is 5.56 Å². The molecule has 0 unspecified atom stereocenters. The largest absolute Gasteiger partial charge is 0.205 e. The smallest absolute Gasteiger partial charge is 0.145 e. The molecule has 2 aromatic carbocycles. The number of halogens is 5. The number of aryl methyl sites for hydroxylation is 2. The number of hydrogen-bond donors (Lipinski definition) is 0. The first-order chi connectivity index (χ1) is 8.81. The zero-order valence-electron chi connectivity index (χ0n) is 10.3. The number of rotatable bonds is 0. The Morgan fingerprint density at radius 1 is 0.750 bits per heavy atom. The maximum absolute atomic E-state index is 12.5. The first-order valence-electron chi connectivity index (χ1n) is 5.34. The molecule has 0 amide bonds. The van der Waals surface area contributed by atoms with E-state index >= 15 is 0 Å². The van der Waals surface area contributed by atoms with Crippen molar-refractivity contribution in [1.82, 2.24) is 0 Å². The minimum Gasteiger partial charge on any atom is -0.205 e. The van der Waals surface area contributed by atoms with Crippen molar-refractivity contribution in [3.05, 3.63) is 69.0 Å². The average Bonchev–Trinajstić information content (AvgIpc) is 2.32. The molecule has 0 aromatic heterocycles. The van der Waals surface area contributed by atoms with E-state index in [2.05, 4.69) is 0 Å². The SMILES string of the molecule is C.Cc1cc(F)c(Cl)c(F)c1.Cc1ccc(Cl)c(F)c1. The van der Waals surface area contributed by atoms with Crippen LogP contribution in [0.3, 0.4) is 0 Å². The second-order valence-corrected chi connectivity index (χ2v) is 4.75. The van der Waals surface area contributed by atoms with Crippen LogP contribution >= 0.6 is 23.2 Å². The minimum absolute atomic E-state index is 0. The van der Waals surface area contributed by atoms with Crippen molar-refractivity contribution >= 4 is 23.2 Å². The third-order valence-corrected chi connectivity index (χ3v) is 2.87. The van der Waals surface area contributed by atoms with Crippen molar-refractivity contribution in [3.8, 4) is 0 Å². The second kappa shape index (κ2) is 8.18. The van der Waals surface area contributed by atoms with Gasteiger partial charge in [-0.15, -0.1) is 0 Å². The molecule has 0 saturated carbocycles. The van der Waals surface area contributed by atoms with Gasteiger partial charge in [-0.2, -0.15) is 0 Å². The lowest BCUT2D eigenvalue weighted by Gasteiger charge is -1.96. The molecule has 0 atom stereocenters. The standard InChI is InChI=1S/C7H5ClF2.C7H6ClF.CH4/c1-4-2-5(9)7(8)6(10)3-4;1-5-2-3-6(8)7(9)4-5;/h2-3H,1H3;2-4H,1H3;1H4. The summed E-state index contributed by atoms with van der Waals surface area (Å²) in [7, 11) is 0. The van der Waals surface area contributed by atoms with Gasteiger partial charge in [0.25, 0.3) is 0 Å². The van der Waals surface area contributed by atoms with Gasteiger partial charge in [-0.1, -0.05) is 36.7 Å². The Morgan fingerprint density at radius 2 is 1.20 bits per heavy atom. The summed E-state index contributed by atoms with van der Waals surface area (Å²) in [6.45, 7) is 3.42. The summed E-state index contributed by atoms with van der Waals surface area (Å²) in [6, 6.07) is 7.09. The van der Waals surface area contributed by atoms with Crippen molar-refractivity contribution in [1.29, 1.82) is 0 Å². The van der Waals surface area contributed by atoms with Crippen molar-refractivity contribution < 1.29 is 13.2 Å². The van der Waals surface area contributed by atoms with Crippen LogP contribution < -0.4 is 0 Å². The van der Waals surface area contributed by atoms with E-state index in [1.165, 1.54) is 18.2 Å². The van der Waals surface area contributed by atoms with Crippen LogP contribution in [0, 0.1) is 31.3 Å². The quantitative estimate of drug-likeness (QED) is 0.496. The van der Waals surface area contributed by atoms with Gasteiger partial charge in [-0.05, 0) is 49.2 Å². The molecule has 5 heteroatoms. The molecule has 0 aliphatic carbocycles. The van der Waals surface area contributed by atoms with Gasteiger partial charge in [0.2, 0.25) is 0 Å². The third kappa shape index (κ3) is 5.43. The van der Waals surface area contributed by atoms with Crippen LogP contribution in [-0.2, 0) is 0 Å². The molecular weight excluding hydrogens is 308 g/mol. The lowest BCUT2D eigenvalue weighted by molar-refractivity contribution is 0.582. The van der Waals surface area contributed by atoms with Crippen molar-refractivity contribution in [3.63, 3.8) is 0 Å². The normalized spacial score (nSPS) is 9.35. The molecule has 0 spiro atoms. The Hall–Kier alpha value is -1.19. The molecule has 0 N–H and O–H groups in total. The van der Waals surface area contributed by atoms with E-state index in [9.17, 15) is 13.2 Å². The fourth-order valence-corrected chi connectivity index (χ4v) is 1.51. The Bertz CT molecular complexity index is 560. The van der Waals surface area contributed by atoms with Crippen LogP contribution in [0.1, 0.15) is 18.6 Å². The highest BCUT2D eigenvalue weighted by molar-refractivity contribution is 6.31. The fourth-order valence-electron chi connectivity index (χ4n) is 1.28. The lowest BCUT2D eigenvalue weighted by Crippen LogP contribution is -1.84. The van der Waals surface area contributed by atoms with Crippen LogP contribution in [0.5, 0.6) is 0 Å². The summed E-state index contributed by atoms with van der Waals surface area (Å²) in [5.74, 6) is -1.77. The maximum atomic E-state index is 12.5. The molecule has 2 aromatic rings. The summed E-state index contributed by atoms with van der Waals surface area (Å²) in [5.41, 5.74) is 1.41. The van der Waals surface area contributed by atoms with Crippen LogP contribution in [-0.4, -0.2) is 0 Å². The first-order valence-corrected chi connectivity index (χ1v) is 6.09. The van der Waals surface area contributed by atoms with Crippen LogP contribution in [0.2, 0.25) is 10.0 Å². The highest BCUT2D eigenvalue weighted by Gasteiger charge is 2.05. The zero-order chi connectivity index (χ0) is 14.6. The van der Waals surface area contributed by atoms with Gasteiger partial charge in [0.05, 0.1) is 5.02 Å². The lowest BCUT2D eigenvalue weighted by atomic mass is 10.2. The summed E-state index contributed by atoms with van der Waals surface area (Å²) in [6.07, 6.45) is 0. The molecule has 0 radical (unpaired) electrons. The predicted molar refractivity (Wildman–Crippen MR) is 79.0 cm³/mol. The Balaban J connectivity index is 0.000000345. The highest BCUT2D eigenvalue weighted by Crippen LogP contribution is 2.19. The molecule has 0 saturated heterocycles. The molecule has 2 rings (SSSR count). The van der Waals surface area contributed by atoms with Gasteiger partial charge in [-0.25, -0.2) is 13.2 Å². The van der Waals surface area contributed by atoms with E-state index < -0.39 is 16.7 Å². The van der Waals surface area contributed by atoms with Crippen LogP contribution in [0.15, 0.2) is 30.3 Å². The molecule has 0 nitrogen and oxygen atoms in total. The summed E-state index contributed by atoms with van der Waals surface area (Å²) in [5, 5.41) is -0.258. The van der Waals surface area contributed by atoms with Crippen LogP contribution in [0.4, 0.5) is 13.2 Å². The molecule has 0 bridgehead atoms. The minimum atomic E-state index is -0.709.